The first kappa shape index (κ1) is 10.1. The largest absolute Gasteiger partial charge is 0.353 e. The highest BCUT2D eigenvalue weighted by atomic mass is 15.3. The molecule has 0 spiro atoms. The number of allylic oxidation sites excluding steroid dienone is 2. The fourth-order valence-corrected chi connectivity index (χ4v) is 3.16. The van der Waals surface area contributed by atoms with Crippen molar-refractivity contribution < 1.29 is 0 Å². The van der Waals surface area contributed by atoms with Gasteiger partial charge in [0.2, 0.25) is 5.65 Å². The molecule has 0 N–H and O–H groups in total. The maximum atomic E-state index is 4.50. The van der Waals surface area contributed by atoms with Gasteiger partial charge in [-0.15, -0.1) is 10.2 Å². The molecule has 0 bridgehead atoms. The summed E-state index contributed by atoms with van der Waals surface area (Å²) in [6.07, 6.45) is 12.5. The van der Waals surface area contributed by atoms with Crippen LogP contribution in [0.4, 0.5) is 5.82 Å². The zero-order chi connectivity index (χ0) is 11.9. The monoisotopic (exact) mass is 241 g/mol. The summed E-state index contributed by atoms with van der Waals surface area (Å²) in [6, 6.07) is 0. The summed E-state index contributed by atoms with van der Waals surface area (Å²) >= 11 is 0. The van der Waals surface area contributed by atoms with Gasteiger partial charge in [-0.3, -0.25) is 4.40 Å². The van der Waals surface area contributed by atoms with Crippen LogP contribution < -0.4 is 4.90 Å². The van der Waals surface area contributed by atoms with Gasteiger partial charge in [0.1, 0.15) is 6.33 Å². The molecule has 2 aliphatic rings. The Morgan fingerprint density at radius 2 is 1.89 bits per heavy atom. The molecule has 4 rings (SSSR count). The topological polar surface area (TPSA) is 46.3 Å². The lowest BCUT2D eigenvalue weighted by Crippen LogP contribution is -2.21. The minimum absolute atomic E-state index is 0.778. The first-order chi connectivity index (χ1) is 8.92. The van der Waals surface area contributed by atoms with Crippen molar-refractivity contribution in [2.75, 3.05) is 18.0 Å². The molecule has 2 aromatic rings. The van der Waals surface area contributed by atoms with Crippen LogP contribution in [-0.4, -0.2) is 32.7 Å². The van der Waals surface area contributed by atoms with Gasteiger partial charge in [-0.25, -0.2) is 4.98 Å². The van der Waals surface area contributed by atoms with Crippen LogP contribution >= 0.6 is 0 Å². The second-order valence-corrected chi connectivity index (χ2v) is 5.18. The van der Waals surface area contributed by atoms with Gasteiger partial charge in [0.05, 0.1) is 0 Å². The van der Waals surface area contributed by atoms with Crippen LogP contribution in [0.15, 0.2) is 30.9 Å². The fourth-order valence-electron chi connectivity index (χ4n) is 3.16. The van der Waals surface area contributed by atoms with E-state index >= 15 is 0 Å². The highest BCUT2D eigenvalue weighted by Gasteiger charge is 2.34. The highest BCUT2D eigenvalue weighted by Crippen LogP contribution is 2.35. The molecule has 2 atom stereocenters. The molecule has 0 amide bonds. The predicted molar refractivity (Wildman–Crippen MR) is 68.3 cm³/mol. The Morgan fingerprint density at radius 1 is 1.11 bits per heavy atom. The third kappa shape index (κ3) is 1.43. The standard InChI is InChI=1S/C13H15N5/c1-2-4-11-8-18(7-10(11)3-1)12-13-16-15-9-17(13)6-5-14-12/h1-2,5-6,9-11H,3-4,7-8H2/t10-,11+. The number of aromatic nitrogens is 4. The zero-order valence-corrected chi connectivity index (χ0v) is 10.1. The Labute approximate surface area is 105 Å². The van der Waals surface area contributed by atoms with Crippen molar-refractivity contribution in [3.05, 3.63) is 30.9 Å². The zero-order valence-electron chi connectivity index (χ0n) is 10.1. The Hall–Kier alpha value is -1.91. The van der Waals surface area contributed by atoms with Crippen LogP contribution in [0.25, 0.3) is 5.65 Å². The number of rotatable bonds is 1. The van der Waals surface area contributed by atoms with Gasteiger partial charge in [-0.05, 0) is 24.7 Å². The Kier molecular flexibility index (Phi) is 2.12. The van der Waals surface area contributed by atoms with E-state index in [2.05, 4.69) is 32.2 Å². The lowest BCUT2D eigenvalue weighted by molar-refractivity contribution is 0.411. The first-order valence-electron chi connectivity index (χ1n) is 6.46. The second kappa shape index (κ2) is 3.80. The third-order valence-corrected chi connectivity index (χ3v) is 4.12. The number of fused-ring (bicyclic) bond motifs is 2. The summed E-state index contributed by atoms with van der Waals surface area (Å²) in [4.78, 5) is 6.87. The van der Waals surface area contributed by atoms with Crippen molar-refractivity contribution >= 4 is 11.5 Å². The molecule has 18 heavy (non-hydrogen) atoms. The van der Waals surface area contributed by atoms with E-state index in [0.717, 1.165) is 36.4 Å². The van der Waals surface area contributed by atoms with Gasteiger partial charge in [-0.1, -0.05) is 12.2 Å². The SMILES string of the molecule is C1=CC[C@H]2CN(c3nccn4cnnc34)C[C@H]2C1. The van der Waals surface area contributed by atoms with E-state index in [-0.39, 0.29) is 0 Å². The van der Waals surface area contributed by atoms with Gasteiger partial charge in [-0.2, -0.15) is 0 Å². The van der Waals surface area contributed by atoms with E-state index in [1.807, 2.05) is 16.8 Å². The van der Waals surface area contributed by atoms with Gasteiger partial charge in [0, 0.05) is 25.5 Å². The van der Waals surface area contributed by atoms with Gasteiger partial charge in [0.15, 0.2) is 5.82 Å². The van der Waals surface area contributed by atoms with E-state index in [9.17, 15) is 0 Å². The van der Waals surface area contributed by atoms with Crippen molar-refractivity contribution in [3.63, 3.8) is 0 Å². The van der Waals surface area contributed by atoms with Crippen molar-refractivity contribution in [2.24, 2.45) is 11.8 Å². The molecule has 0 radical (unpaired) electrons. The van der Waals surface area contributed by atoms with E-state index in [1.54, 1.807) is 6.33 Å². The Morgan fingerprint density at radius 3 is 2.67 bits per heavy atom. The van der Waals surface area contributed by atoms with E-state index < -0.39 is 0 Å². The molecule has 0 saturated carbocycles. The Bertz CT molecular complexity index is 586. The van der Waals surface area contributed by atoms with Crippen LogP contribution in [0.2, 0.25) is 0 Å². The molecule has 5 nitrogen and oxygen atoms in total. The molecular formula is C13H15N5. The fraction of sp³-hybridized carbons (Fsp3) is 0.462. The van der Waals surface area contributed by atoms with Crippen molar-refractivity contribution in [1.82, 2.24) is 19.6 Å². The molecule has 2 aromatic heterocycles. The average Bonchev–Trinajstić information content (AvgIpc) is 3.04. The average molecular weight is 241 g/mol. The first-order valence-corrected chi connectivity index (χ1v) is 6.46. The number of anilines is 1. The smallest absolute Gasteiger partial charge is 0.203 e. The molecule has 1 saturated heterocycles. The van der Waals surface area contributed by atoms with Gasteiger partial charge in [0.25, 0.3) is 0 Å². The summed E-state index contributed by atoms with van der Waals surface area (Å²) in [5.74, 6) is 2.53. The molecule has 1 fully saturated rings. The minimum Gasteiger partial charge on any atom is -0.353 e. The maximum absolute atomic E-state index is 4.50. The molecule has 3 heterocycles. The molecule has 0 unspecified atom stereocenters. The summed E-state index contributed by atoms with van der Waals surface area (Å²) in [5, 5.41) is 8.13. The van der Waals surface area contributed by atoms with Gasteiger partial charge < -0.3 is 4.90 Å². The van der Waals surface area contributed by atoms with Crippen LogP contribution in [0.3, 0.4) is 0 Å². The van der Waals surface area contributed by atoms with Crippen LogP contribution in [0.1, 0.15) is 12.8 Å². The highest BCUT2D eigenvalue weighted by molar-refractivity contribution is 5.63. The normalized spacial score (nSPS) is 26.8. The number of hydrogen-bond donors (Lipinski definition) is 0. The quantitative estimate of drug-likeness (QED) is 0.710. The molecule has 1 aliphatic carbocycles. The summed E-state index contributed by atoms with van der Waals surface area (Å²) in [5.41, 5.74) is 0.865. The predicted octanol–water partition coefficient (Wildman–Crippen LogP) is 1.53. The summed E-state index contributed by atoms with van der Waals surface area (Å²) < 4.78 is 1.93. The van der Waals surface area contributed by atoms with Crippen molar-refractivity contribution in [2.45, 2.75) is 12.8 Å². The number of hydrogen-bond acceptors (Lipinski definition) is 4. The maximum Gasteiger partial charge on any atom is 0.203 e. The minimum atomic E-state index is 0.778. The van der Waals surface area contributed by atoms with Crippen molar-refractivity contribution in [1.29, 1.82) is 0 Å². The lowest BCUT2D eigenvalue weighted by Gasteiger charge is -2.17. The van der Waals surface area contributed by atoms with Crippen LogP contribution in [-0.2, 0) is 0 Å². The van der Waals surface area contributed by atoms with E-state index in [1.165, 1.54) is 12.8 Å². The molecule has 1 aliphatic heterocycles. The Balaban J connectivity index is 1.70. The molecular weight excluding hydrogens is 226 g/mol. The third-order valence-electron chi connectivity index (χ3n) is 4.12. The summed E-state index contributed by atoms with van der Waals surface area (Å²) in [6.45, 7) is 2.18. The van der Waals surface area contributed by atoms with Crippen LogP contribution in [0.5, 0.6) is 0 Å². The molecule has 5 heteroatoms. The van der Waals surface area contributed by atoms with E-state index in [0.29, 0.717) is 0 Å². The van der Waals surface area contributed by atoms with Gasteiger partial charge >= 0.3 is 0 Å². The number of nitrogens with zero attached hydrogens (tertiary/aromatic N) is 5. The molecule has 0 aromatic carbocycles. The van der Waals surface area contributed by atoms with Crippen molar-refractivity contribution in [3.8, 4) is 0 Å². The second-order valence-electron chi connectivity index (χ2n) is 5.18. The molecule has 92 valence electrons. The lowest BCUT2D eigenvalue weighted by atomic mass is 9.86. The van der Waals surface area contributed by atoms with Crippen LogP contribution in [0, 0.1) is 11.8 Å². The summed E-state index contributed by atoms with van der Waals surface area (Å²) in [7, 11) is 0. The van der Waals surface area contributed by atoms with E-state index in [4.69, 9.17) is 0 Å².